The van der Waals surface area contributed by atoms with Gasteiger partial charge in [0.05, 0.1) is 5.25 Å². The molecule has 4 heteroatoms. The molecule has 0 aliphatic carbocycles. The summed E-state index contributed by atoms with van der Waals surface area (Å²) >= 11 is 1.60. The first kappa shape index (κ1) is 10.6. The molecule has 0 radical (unpaired) electrons. The molecule has 0 spiro atoms. The number of rotatable bonds is 3. The summed E-state index contributed by atoms with van der Waals surface area (Å²) in [6.07, 6.45) is 0.382. The Morgan fingerprint density at radius 1 is 1.54 bits per heavy atom. The molecule has 13 heavy (non-hydrogen) atoms. The van der Waals surface area contributed by atoms with E-state index >= 15 is 0 Å². The second-order valence-electron chi connectivity index (χ2n) is 3.71. The summed E-state index contributed by atoms with van der Waals surface area (Å²) in [5, 5.41) is -0.125. The van der Waals surface area contributed by atoms with Gasteiger partial charge in [-0.15, -0.1) is 11.8 Å². The Bertz CT molecular complexity index is 228. The molecule has 0 N–H and O–H groups in total. The Kier molecular flexibility index (Phi) is 3.36. The van der Waals surface area contributed by atoms with E-state index < -0.39 is 0 Å². The lowest BCUT2D eigenvalue weighted by molar-refractivity contribution is -0.136. The van der Waals surface area contributed by atoms with Crippen molar-refractivity contribution < 1.29 is 9.59 Å². The van der Waals surface area contributed by atoms with Crippen LogP contribution < -0.4 is 0 Å². The number of hydrogen-bond donors (Lipinski definition) is 0. The fourth-order valence-electron chi connectivity index (χ4n) is 1.16. The highest BCUT2D eigenvalue weighted by atomic mass is 32.2. The summed E-state index contributed by atoms with van der Waals surface area (Å²) in [5.74, 6) is 1.43. The Morgan fingerprint density at radius 2 is 2.15 bits per heavy atom. The monoisotopic (exact) mass is 201 g/mol. The van der Waals surface area contributed by atoms with Crippen molar-refractivity contribution in [3.05, 3.63) is 0 Å². The van der Waals surface area contributed by atoms with Gasteiger partial charge in [-0.25, -0.2) is 0 Å². The average molecular weight is 201 g/mol. The highest BCUT2D eigenvalue weighted by Crippen LogP contribution is 2.25. The molecule has 3 nitrogen and oxygen atoms in total. The fraction of sp³-hybridized carbons (Fsp3) is 0.778. The van der Waals surface area contributed by atoms with Gasteiger partial charge >= 0.3 is 0 Å². The molecule has 74 valence electrons. The first-order valence-corrected chi connectivity index (χ1v) is 5.49. The van der Waals surface area contributed by atoms with Crippen LogP contribution >= 0.6 is 11.8 Å². The summed E-state index contributed by atoms with van der Waals surface area (Å²) in [6, 6.07) is 0. The molecule has 0 aromatic heterocycles. The minimum Gasteiger partial charge on any atom is -0.285 e. The molecule has 1 atom stereocenters. The molecular weight excluding hydrogens is 186 g/mol. The van der Waals surface area contributed by atoms with Gasteiger partial charge in [-0.05, 0) is 11.7 Å². The molecule has 1 saturated heterocycles. The number of likely N-dealkylation sites (tertiary alicyclic amines) is 1. The normalized spacial score (nSPS) is 23.4. The standard InChI is InChI=1S/C9H15NO2S/c1-6(2)5-13-7-4-8(11)10(3)9(7)12/h6-7H,4-5H2,1-3H3. The molecule has 1 heterocycles. The second-order valence-corrected chi connectivity index (χ2v) is 4.95. The Labute approximate surface area is 82.9 Å². The van der Waals surface area contributed by atoms with Crippen molar-refractivity contribution in [1.82, 2.24) is 4.90 Å². The molecule has 2 amide bonds. The summed E-state index contributed by atoms with van der Waals surface area (Å²) in [7, 11) is 1.56. The van der Waals surface area contributed by atoms with Crippen molar-refractivity contribution in [3.8, 4) is 0 Å². The quantitative estimate of drug-likeness (QED) is 0.642. The van der Waals surface area contributed by atoms with Gasteiger partial charge < -0.3 is 0 Å². The van der Waals surface area contributed by atoms with E-state index in [0.29, 0.717) is 12.3 Å². The van der Waals surface area contributed by atoms with Crippen LogP contribution in [0.4, 0.5) is 0 Å². The van der Waals surface area contributed by atoms with Crippen molar-refractivity contribution >= 4 is 23.6 Å². The van der Waals surface area contributed by atoms with Gasteiger partial charge in [0.1, 0.15) is 0 Å². The zero-order valence-electron chi connectivity index (χ0n) is 8.24. The molecule has 1 aliphatic heterocycles. The van der Waals surface area contributed by atoms with Crippen LogP contribution in [0.15, 0.2) is 0 Å². The zero-order chi connectivity index (χ0) is 10.0. The number of carbonyl (C=O) groups is 2. The first-order valence-electron chi connectivity index (χ1n) is 4.44. The van der Waals surface area contributed by atoms with Crippen molar-refractivity contribution in [2.45, 2.75) is 25.5 Å². The van der Waals surface area contributed by atoms with E-state index in [2.05, 4.69) is 13.8 Å². The Morgan fingerprint density at radius 3 is 2.54 bits per heavy atom. The van der Waals surface area contributed by atoms with E-state index in [9.17, 15) is 9.59 Å². The lowest BCUT2D eigenvalue weighted by atomic mass is 10.3. The van der Waals surface area contributed by atoms with Gasteiger partial charge in [0.2, 0.25) is 11.8 Å². The summed E-state index contributed by atoms with van der Waals surface area (Å²) < 4.78 is 0. The van der Waals surface area contributed by atoms with E-state index in [1.807, 2.05) is 0 Å². The van der Waals surface area contributed by atoms with E-state index in [-0.39, 0.29) is 17.1 Å². The maximum absolute atomic E-state index is 11.4. The SMILES string of the molecule is CC(C)CSC1CC(=O)N(C)C1=O. The van der Waals surface area contributed by atoms with Crippen LogP contribution in [0.2, 0.25) is 0 Å². The lowest BCUT2D eigenvalue weighted by Crippen LogP contribution is -2.26. The van der Waals surface area contributed by atoms with Crippen molar-refractivity contribution in [2.24, 2.45) is 5.92 Å². The van der Waals surface area contributed by atoms with Crippen LogP contribution in [-0.2, 0) is 9.59 Å². The topological polar surface area (TPSA) is 37.4 Å². The van der Waals surface area contributed by atoms with Crippen LogP contribution in [0.3, 0.4) is 0 Å². The van der Waals surface area contributed by atoms with Gasteiger partial charge in [-0.1, -0.05) is 13.8 Å². The summed E-state index contributed by atoms with van der Waals surface area (Å²) in [6.45, 7) is 4.22. The van der Waals surface area contributed by atoms with Crippen LogP contribution in [-0.4, -0.2) is 34.8 Å². The molecule has 0 saturated carbocycles. The fourth-order valence-corrected chi connectivity index (χ4v) is 2.34. The molecule has 0 bridgehead atoms. The van der Waals surface area contributed by atoms with Gasteiger partial charge in [0.25, 0.3) is 0 Å². The van der Waals surface area contributed by atoms with Crippen LogP contribution in [0.5, 0.6) is 0 Å². The van der Waals surface area contributed by atoms with E-state index in [1.165, 1.54) is 4.90 Å². The second kappa shape index (κ2) is 4.13. The lowest BCUT2D eigenvalue weighted by Gasteiger charge is -2.09. The van der Waals surface area contributed by atoms with Gasteiger partial charge in [-0.3, -0.25) is 14.5 Å². The molecule has 1 rings (SSSR count). The molecule has 0 aromatic carbocycles. The molecule has 1 aliphatic rings. The number of hydrogen-bond acceptors (Lipinski definition) is 3. The van der Waals surface area contributed by atoms with Gasteiger partial charge in [0.15, 0.2) is 0 Å². The smallest absolute Gasteiger partial charge is 0.242 e. The first-order chi connectivity index (χ1) is 6.02. The minimum atomic E-state index is -0.125. The zero-order valence-corrected chi connectivity index (χ0v) is 9.06. The third kappa shape index (κ3) is 2.46. The van der Waals surface area contributed by atoms with E-state index in [1.54, 1.807) is 18.8 Å². The highest BCUT2D eigenvalue weighted by molar-refractivity contribution is 8.00. The molecule has 1 fully saturated rings. The molecule has 0 aromatic rings. The maximum Gasteiger partial charge on any atom is 0.242 e. The van der Waals surface area contributed by atoms with Crippen molar-refractivity contribution in [1.29, 1.82) is 0 Å². The summed E-state index contributed by atoms with van der Waals surface area (Å²) in [5.41, 5.74) is 0. The third-order valence-corrected chi connectivity index (χ3v) is 3.60. The average Bonchev–Trinajstić information content (AvgIpc) is 2.29. The number of imide groups is 1. The molecule has 1 unspecified atom stereocenters. The van der Waals surface area contributed by atoms with Gasteiger partial charge in [-0.2, -0.15) is 0 Å². The third-order valence-electron chi connectivity index (χ3n) is 1.97. The van der Waals surface area contributed by atoms with Crippen molar-refractivity contribution in [3.63, 3.8) is 0 Å². The van der Waals surface area contributed by atoms with Gasteiger partial charge in [0, 0.05) is 13.5 Å². The van der Waals surface area contributed by atoms with Crippen LogP contribution in [0, 0.1) is 5.92 Å². The number of carbonyl (C=O) groups excluding carboxylic acids is 2. The number of amides is 2. The van der Waals surface area contributed by atoms with Crippen molar-refractivity contribution in [2.75, 3.05) is 12.8 Å². The summed E-state index contributed by atoms with van der Waals surface area (Å²) in [4.78, 5) is 23.8. The predicted octanol–water partition coefficient (Wildman–Crippen LogP) is 1.13. The highest BCUT2D eigenvalue weighted by Gasteiger charge is 2.36. The largest absolute Gasteiger partial charge is 0.285 e. The number of thioether (sulfide) groups is 1. The number of nitrogens with zero attached hydrogens (tertiary/aromatic N) is 1. The Hall–Kier alpha value is -0.510. The molecular formula is C9H15NO2S. The predicted molar refractivity (Wildman–Crippen MR) is 53.5 cm³/mol. The van der Waals surface area contributed by atoms with Crippen LogP contribution in [0.25, 0.3) is 0 Å². The van der Waals surface area contributed by atoms with Crippen LogP contribution in [0.1, 0.15) is 20.3 Å². The Balaban J connectivity index is 2.45. The van der Waals surface area contributed by atoms with E-state index in [0.717, 1.165) is 5.75 Å². The van der Waals surface area contributed by atoms with E-state index in [4.69, 9.17) is 0 Å². The maximum atomic E-state index is 11.4. The minimum absolute atomic E-state index is 0.0318.